The van der Waals surface area contributed by atoms with Crippen molar-refractivity contribution >= 4 is 46.9 Å². The number of hydrogen-bond acceptors (Lipinski definition) is 3. The van der Waals surface area contributed by atoms with E-state index in [0.717, 1.165) is 41.9 Å². The number of likely N-dealkylation sites (N-methyl/N-ethyl adjacent to an activating group) is 1. The molecule has 0 aliphatic heterocycles. The largest absolute Gasteiger partial charge is 0.356 e. The van der Waals surface area contributed by atoms with Crippen LogP contribution in [0.5, 0.6) is 0 Å². The summed E-state index contributed by atoms with van der Waals surface area (Å²) in [4.78, 5) is 22.3. The summed E-state index contributed by atoms with van der Waals surface area (Å²) in [7, 11) is 3.45. The number of aryl methyl sites for hydroxylation is 2. The molecule has 0 fully saturated rings. The number of imidazole rings is 1. The Morgan fingerprint density at radius 3 is 2.68 bits per heavy atom. The standard InChI is InChI=1S/C20H30N6O.HI/c1-15(2)13-22-20(23-14-19(27)25(4)5)21-11-8-12-26-16(3)24-17-9-6-7-10-18(17)26;/h6-7,9-10H,1,8,11-14H2,2-5H3,(H2,21,22,23);1H. The normalized spacial score (nSPS) is 11.1. The summed E-state index contributed by atoms with van der Waals surface area (Å²) in [6, 6.07) is 8.17. The first-order valence-electron chi connectivity index (χ1n) is 9.17. The lowest BCUT2D eigenvalue weighted by Crippen LogP contribution is -2.39. The Balaban J connectivity index is 0.00000392. The minimum absolute atomic E-state index is 0. The van der Waals surface area contributed by atoms with Crippen LogP contribution >= 0.6 is 24.0 Å². The van der Waals surface area contributed by atoms with Gasteiger partial charge in [-0.1, -0.05) is 24.3 Å². The van der Waals surface area contributed by atoms with Gasteiger partial charge in [-0.3, -0.25) is 4.79 Å². The first-order chi connectivity index (χ1) is 12.9. The van der Waals surface area contributed by atoms with Crippen LogP contribution in [0.1, 0.15) is 19.2 Å². The Labute approximate surface area is 184 Å². The third kappa shape index (κ3) is 7.14. The van der Waals surface area contributed by atoms with Gasteiger partial charge in [0.25, 0.3) is 0 Å². The van der Waals surface area contributed by atoms with E-state index in [9.17, 15) is 4.79 Å². The molecule has 0 saturated carbocycles. The molecular weight excluding hydrogens is 467 g/mol. The van der Waals surface area contributed by atoms with Gasteiger partial charge in [0.15, 0.2) is 5.96 Å². The highest BCUT2D eigenvalue weighted by Gasteiger charge is 2.07. The van der Waals surface area contributed by atoms with Crippen LogP contribution < -0.4 is 10.6 Å². The molecule has 2 aromatic rings. The molecule has 1 heterocycles. The highest BCUT2D eigenvalue weighted by molar-refractivity contribution is 14.0. The zero-order valence-electron chi connectivity index (χ0n) is 17.2. The first kappa shape index (κ1) is 23.9. The fraction of sp³-hybridized carbons (Fsp3) is 0.450. The maximum absolute atomic E-state index is 11.8. The summed E-state index contributed by atoms with van der Waals surface area (Å²) < 4.78 is 2.23. The smallest absolute Gasteiger partial charge is 0.243 e. The Bertz CT molecular complexity index is 827. The molecule has 0 radical (unpaired) electrons. The highest BCUT2D eigenvalue weighted by Crippen LogP contribution is 2.15. The summed E-state index contributed by atoms with van der Waals surface area (Å²) in [6.45, 7) is 10.2. The zero-order valence-corrected chi connectivity index (χ0v) is 19.5. The van der Waals surface area contributed by atoms with Crippen molar-refractivity contribution in [1.82, 2.24) is 25.1 Å². The lowest BCUT2D eigenvalue weighted by Gasteiger charge is -2.14. The zero-order chi connectivity index (χ0) is 19.8. The molecule has 0 aliphatic rings. The number of hydrogen-bond donors (Lipinski definition) is 2. The van der Waals surface area contributed by atoms with E-state index >= 15 is 0 Å². The molecule has 0 aliphatic carbocycles. The second-order valence-corrected chi connectivity index (χ2v) is 6.84. The van der Waals surface area contributed by atoms with E-state index in [1.165, 1.54) is 4.90 Å². The van der Waals surface area contributed by atoms with Crippen molar-refractivity contribution < 1.29 is 4.79 Å². The van der Waals surface area contributed by atoms with Crippen molar-refractivity contribution in [3.8, 4) is 0 Å². The highest BCUT2D eigenvalue weighted by atomic mass is 127. The molecule has 1 aromatic carbocycles. The quantitative estimate of drug-likeness (QED) is 0.193. The number of aromatic nitrogens is 2. The van der Waals surface area contributed by atoms with Gasteiger partial charge in [-0.05, 0) is 32.4 Å². The predicted octanol–water partition coefficient (Wildman–Crippen LogP) is 2.55. The average molecular weight is 498 g/mol. The summed E-state index contributed by atoms with van der Waals surface area (Å²) in [6.07, 6.45) is 0.913. The second kappa shape index (κ2) is 11.7. The van der Waals surface area contributed by atoms with Gasteiger partial charge >= 0.3 is 0 Å². The predicted molar refractivity (Wildman–Crippen MR) is 126 cm³/mol. The van der Waals surface area contributed by atoms with E-state index in [-0.39, 0.29) is 36.4 Å². The number of amides is 1. The number of nitrogens with one attached hydrogen (secondary N) is 2. The Hall–Kier alpha value is -2.10. The van der Waals surface area contributed by atoms with Crippen molar-refractivity contribution in [2.45, 2.75) is 26.8 Å². The van der Waals surface area contributed by atoms with Gasteiger partial charge in [0, 0.05) is 33.7 Å². The fourth-order valence-electron chi connectivity index (χ4n) is 2.62. The maximum Gasteiger partial charge on any atom is 0.243 e. The van der Waals surface area contributed by atoms with Crippen LogP contribution in [0.15, 0.2) is 41.4 Å². The molecule has 7 nitrogen and oxygen atoms in total. The van der Waals surface area contributed by atoms with Crippen molar-refractivity contribution in [1.29, 1.82) is 0 Å². The summed E-state index contributed by atoms with van der Waals surface area (Å²) >= 11 is 0. The average Bonchev–Trinajstić information content (AvgIpc) is 2.95. The monoisotopic (exact) mass is 498 g/mol. The molecule has 1 aromatic heterocycles. The molecule has 1 amide bonds. The van der Waals surface area contributed by atoms with E-state index in [1.807, 2.05) is 32.0 Å². The summed E-state index contributed by atoms with van der Waals surface area (Å²) in [5.41, 5.74) is 3.18. The molecule has 0 atom stereocenters. The number of aliphatic imine (C=N–C) groups is 1. The molecule has 0 spiro atoms. The van der Waals surface area contributed by atoms with Gasteiger partial charge in [-0.2, -0.15) is 0 Å². The second-order valence-electron chi connectivity index (χ2n) is 6.84. The molecule has 154 valence electrons. The molecule has 2 rings (SSSR count). The third-order valence-corrected chi connectivity index (χ3v) is 4.13. The molecule has 8 heteroatoms. The maximum atomic E-state index is 11.8. The van der Waals surface area contributed by atoms with Crippen LogP contribution in [0.4, 0.5) is 0 Å². The van der Waals surface area contributed by atoms with Crippen LogP contribution in [0.2, 0.25) is 0 Å². The molecule has 0 saturated heterocycles. The number of guanidine groups is 1. The van der Waals surface area contributed by atoms with Gasteiger partial charge in [-0.15, -0.1) is 24.0 Å². The van der Waals surface area contributed by atoms with Crippen LogP contribution in [-0.2, 0) is 11.3 Å². The minimum Gasteiger partial charge on any atom is -0.356 e. The molecule has 0 unspecified atom stereocenters. The van der Waals surface area contributed by atoms with Gasteiger partial charge in [0.2, 0.25) is 5.91 Å². The number of carbonyl (C=O) groups is 1. The minimum atomic E-state index is -0.0352. The van der Waals surface area contributed by atoms with E-state index in [1.54, 1.807) is 14.1 Å². The van der Waals surface area contributed by atoms with Crippen LogP contribution in [-0.4, -0.2) is 60.0 Å². The Kier molecular flexibility index (Phi) is 9.98. The van der Waals surface area contributed by atoms with Gasteiger partial charge in [-0.25, -0.2) is 9.98 Å². The van der Waals surface area contributed by atoms with E-state index in [0.29, 0.717) is 12.5 Å². The van der Waals surface area contributed by atoms with E-state index in [2.05, 4.69) is 37.8 Å². The van der Waals surface area contributed by atoms with Crippen molar-refractivity contribution in [2.75, 3.05) is 33.7 Å². The van der Waals surface area contributed by atoms with E-state index in [4.69, 9.17) is 0 Å². The van der Waals surface area contributed by atoms with Gasteiger partial charge in [0.1, 0.15) is 12.4 Å². The van der Waals surface area contributed by atoms with Gasteiger partial charge in [0.05, 0.1) is 11.0 Å². The summed E-state index contributed by atoms with van der Waals surface area (Å²) in [5.74, 6) is 1.61. The number of fused-ring (bicyclic) bond motifs is 1. The molecule has 0 bridgehead atoms. The lowest BCUT2D eigenvalue weighted by molar-refractivity contribution is -0.127. The lowest BCUT2D eigenvalue weighted by atomic mass is 10.3. The van der Waals surface area contributed by atoms with Crippen molar-refractivity contribution in [3.63, 3.8) is 0 Å². The topological polar surface area (TPSA) is 74.6 Å². The number of para-hydroxylation sites is 2. The summed E-state index contributed by atoms with van der Waals surface area (Å²) in [5, 5.41) is 6.49. The Morgan fingerprint density at radius 1 is 1.29 bits per heavy atom. The fourth-order valence-corrected chi connectivity index (χ4v) is 2.62. The molecule has 2 N–H and O–H groups in total. The van der Waals surface area contributed by atoms with Gasteiger partial charge < -0.3 is 20.1 Å². The number of carbonyl (C=O) groups excluding carboxylic acids is 1. The Morgan fingerprint density at radius 2 is 2.00 bits per heavy atom. The van der Waals surface area contributed by atoms with Crippen molar-refractivity contribution in [3.05, 3.63) is 42.2 Å². The molecule has 28 heavy (non-hydrogen) atoms. The van der Waals surface area contributed by atoms with Crippen molar-refractivity contribution in [2.24, 2.45) is 4.99 Å². The first-order valence-corrected chi connectivity index (χ1v) is 9.17. The molecular formula is C20H31IN6O. The number of halogens is 1. The SMILES string of the molecule is C=C(C)CNC(=NCC(=O)N(C)C)NCCCn1c(C)nc2ccccc21.I. The number of rotatable bonds is 8. The number of benzene rings is 1. The van der Waals surface area contributed by atoms with Crippen LogP contribution in [0.25, 0.3) is 11.0 Å². The van der Waals surface area contributed by atoms with Crippen LogP contribution in [0.3, 0.4) is 0 Å². The third-order valence-electron chi connectivity index (χ3n) is 4.13. The van der Waals surface area contributed by atoms with E-state index < -0.39 is 0 Å². The van der Waals surface area contributed by atoms with Crippen LogP contribution in [0, 0.1) is 6.92 Å². The number of nitrogens with zero attached hydrogens (tertiary/aromatic N) is 4.